The average Bonchev–Trinajstić information content (AvgIpc) is 2.51. The zero-order valence-corrected chi connectivity index (χ0v) is 13.6. The number of carbonyl (C=O) groups excluding carboxylic acids is 1. The first-order chi connectivity index (χ1) is 10.3. The van der Waals surface area contributed by atoms with Crippen LogP contribution in [0.25, 0.3) is 0 Å². The summed E-state index contributed by atoms with van der Waals surface area (Å²) < 4.78 is 0. The van der Waals surface area contributed by atoms with E-state index in [1.165, 1.54) is 11.9 Å². The SMILES string of the molecule is CCCCCCCC(=O)N(C)C[C@H](O)[C@H](O)[C@@H](O)[C@H](O)CO. The molecule has 0 spiro atoms. The number of amides is 1. The Balaban J connectivity index is 4.11. The molecule has 0 aliphatic carbocycles. The van der Waals surface area contributed by atoms with Gasteiger partial charge in [-0.05, 0) is 6.42 Å². The van der Waals surface area contributed by atoms with Gasteiger partial charge in [-0.2, -0.15) is 0 Å². The van der Waals surface area contributed by atoms with E-state index in [1.54, 1.807) is 0 Å². The molecule has 0 aliphatic rings. The molecule has 0 fully saturated rings. The molecule has 0 radical (unpaired) electrons. The molecule has 0 aliphatic heterocycles. The van der Waals surface area contributed by atoms with Gasteiger partial charge >= 0.3 is 0 Å². The third-order valence-corrected chi connectivity index (χ3v) is 3.71. The third-order valence-electron chi connectivity index (χ3n) is 3.71. The Morgan fingerprint density at radius 1 is 0.955 bits per heavy atom. The van der Waals surface area contributed by atoms with E-state index < -0.39 is 31.0 Å². The van der Waals surface area contributed by atoms with Gasteiger partial charge in [0.1, 0.15) is 24.4 Å². The first-order valence-corrected chi connectivity index (χ1v) is 7.92. The second-order valence-electron chi connectivity index (χ2n) is 5.74. The number of hydrogen-bond donors (Lipinski definition) is 5. The molecule has 7 heteroatoms. The third kappa shape index (κ3) is 8.05. The van der Waals surface area contributed by atoms with Crippen molar-refractivity contribution in [2.75, 3.05) is 20.2 Å². The Hall–Kier alpha value is -0.730. The number of aliphatic hydroxyl groups is 5. The molecule has 0 aromatic rings. The summed E-state index contributed by atoms with van der Waals surface area (Å²) in [5, 5.41) is 46.9. The quantitative estimate of drug-likeness (QED) is 0.301. The van der Waals surface area contributed by atoms with E-state index in [2.05, 4.69) is 6.92 Å². The molecular weight excluding hydrogens is 290 g/mol. The van der Waals surface area contributed by atoms with Crippen LogP contribution < -0.4 is 0 Å². The van der Waals surface area contributed by atoms with Crippen molar-refractivity contribution in [2.24, 2.45) is 0 Å². The van der Waals surface area contributed by atoms with Crippen molar-refractivity contribution in [2.45, 2.75) is 69.9 Å². The summed E-state index contributed by atoms with van der Waals surface area (Å²) in [4.78, 5) is 13.2. The number of aliphatic hydroxyl groups excluding tert-OH is 5. The maximum absolute atomic E-state index is 11.9. The predicted octanol–water partition coefficient (Wildman–Crippen LogP) is -0.759. The van der Waals surface area contributed by atoms with Crippen LogP contribution >= 0.6 is 0 Å². The van der Waals surface area contributed by atoms with Gasteiger partial charge < -0.3 is 30.4 Å². The summed E-state index contributed by atoms with van der Waals surface area (Å²) in [6, 6.07) is 0. The van der Waals surface area contributed by atoms with Crippen molar-refractivity contribution in [1.82, 2.24) is 4.90 Å². The molecule has 0 unspecified atom stereocenters. The lowest BCUT2D eigenvalue weighted by atomic mass is 10.0. The monoisotopic (exact) mass is 321 g/mol. The van der Waals surface area contributed by atoms with Crippen molar-refractivity contribution >= 4 is 5.91 Å². The van der Waals surface area contributed by atoms with Crippen LogP contribution in [0.2, 0.25) is 0 Å². The van der Waals surface area contributed by atoms with Gasteiger partial charge in [0.2, 0.25) is 5.91 Å². The van der Waals surface area contributed by atoms with Crippen LogP contribution in [0.3, 0.4) is 0 Å². The van der Waals surface area contributed by atoms with Crippen molar-refractivity contribution < 1.29 is 30.3 Å². The molecule has 4 atom stereocenters. The fraction of sp³-hybridized carbons (Fsp3) is 0.933. The van der Waals surface area contributed by atoms with Crippen LogP contribution in [0.15, 0.2) is 0 Å². The number of rotatable bonds is 12. The minimum Gasteiger partial charge on any atom is -0.394 e. The molecule has 0 saturated carbocycles. The summed E-state index contributed by atoms with van der Waals surface area (Å²) in [6.07, 6.45) is -0.701. The molecule has 0 rings (SSSR count). The van der Waals surface area contributed by atoms with Gasteiger partial charge in [0.05, 0.1) is 6.61 Å². The largest absolute Gasteiger partial charge is 0.394 e. The van der Waals surface area contributed by atoms with Crippen LogP contribution in [0.1, 0.15) is 45.4 Å². The van der Waals surface area contributed by atoms with E-state index in [4.69, 9.17) is 5.11 Å². The van der Waals surface area contributed by atoms with Crippen LogP contribution in [0.4, 0.5) is 0 Å². The Labute approximate surface area is 132 Å². The van der Waals surface area contributed by atoms with Gasteiger partial charge in [0.15, 0.2) is 0 Å². The summed E-state index contributed by atoms with van der Waals surface area (Å²) >= 11 is 0. The van der Waals surface area contributed by atoms with E-state index in [1.807, 2.05) is 0 Å². The summed E-state index contributed by atoms with van der Waals surface area (Å²) in [5.41, 5.74) is 0. The lowest BCUT2D eigenvalue weighted by Gasteiger charge is -2.28. The topological polar surface area (TPSA) is 121 Å². The molecule has 7 nitrogen and oxygen atoms in total. The molecule has 0 saturated heterocycles. The van der Waals surface area contributed by atoms with Crippen molar-refractivity contribution in [3.63, 3.8) is 0 Å². The molecule has 1 amide bonds. The molecule has 5 N–H and O–H groups in total. The molecule has 132 valence electrons. The van der Waals surface area contributed by atoms with E-state index >= 15 is 0 Å². The molecule has 0 aromatic heterocycles. The smallest absolute Gasteiger partial charge is 0.222 e. The Kier molecular flexibility index (Phi) is 11.4. The normalized spacial score (nSPS) is 16.9. The van der Waals surface area contributed by atoms with E-state index in [-0.39, 0.29) is 12.5 Å². The number of hydrogen-bond acceptors (Lipinski definition) is 6. The second kappa shape index (κ2) is 11.8. The van der Waals surface area contributed by atoms with Gasteiger partial charge in [-0.15, -0.1) is 0 Å². The maximum atomic E-state index is 11.9. The van der Waals surface area contributed by atoms with Gasteiger partial charge in [-0.1, -0.05) is 32.6 Å². The van der Waals surface area contributed by atoms with Crippen LogP contribution in [-0.2, 0) is 4.79 Å². The maximum Gasteiger partial charge on any atom is 0.222 e. The highest BCUT2D eigenvalue weighted by Crippen LogP contribution is 2.09. The van der Waals surface area contributed by atoms with Crippen molar-refractivity contribution in [3.8, 4) is 0 Å². The van der Waals surface area contributed by atoms with Crippen LogP contribution in [0, 0.1) is 0 Å². The Morgan fingerprint density at radius 2 is 1.50 bits per heavy atom. The number of unbranched alkanes of at least 4 members (excludes halogenated alkanes) is 4. The second-order valence-corrected chi connectivity index (χ2v) is 5.74. The van der Waals surface area contributed by atoms with Crippen LogP contribution in [0.5, 0.6) is 0 Å². The molecule has 0 bridgehead atoms. The molecule has 0 aromatic carbocycles. The summed E-state index contributed by atoms with van der Waals surface area (Å²) in [7, 11) is 1.51. The van der Waals surface area contributed by atoms with Crippen molar-refractivity contribution in [1.29, 1.82) is 0 Å². The first kappa shape index (κ1) is 21.3. The van der Waals surface area contributed by atoms with E-state index in [0.29, 0.717) is 6.42 Å². The molecule has 0 heterocycles. The number of likely N-dealkylation sites (N-methyl/N-ethyl adjacent to an activating group) is 1. The fourth-order valence-corrected chi connectivity index (χ4v) is 2.12. The standard InChI is InChI=1S/C15H31NO6/c1-3-4-5-6-7-8-13(20)16(2)9-11(18)14(21)15(22)12(19)10-17/h11-12,14-15,17-19,21-22H,3-10H2,1-2H3/t11-,12+,14-,15-/m0/s1. The van der Waals surface area contributed by atoms with Gasteiger partial charge in [0, 0.05) is 20.0 Å². The Bertz CT molecular complexity index is 302. The van der Waals surface area contributed by atoms with Gasteiger partial charge in [-0.3, -0.25) is 4.79 Å². The van der Waals surface area contributed by atoms with E-state index in [0.717, 1.165) is 32.1 Å². The lowest BCUT2D eigenvalue weighted by molar-refractivity contribution is -0.138. The average molecular weight is 321 g/mol. The van der Waals surface area contributed by atoms with Gasteiger partial charge in [0.25, 0.3) is 0 Å². The zero-order valence-electron chi connectivity index (χ0n) is 13.6. The molecular formula is C15H31NO6. The highest BCUT2D eigenvalue weighted by atomic mass is 16.4. The number of nitrogens with zero attached hydrogens (tertiary/aromatic N) is 1. The lowest BCUT2D eigenvalue weighted by Crippen LogP contribution is -2.49. The highest BCUT2D eigenvalue weighted by Gasteiger charge is 2.31. The minimum atomic E-state index is -1.67. The summed E-state index contributed by atoms with van der Waals surface area (Å²) in [6.45, 7) is 1.25. The van der Waals surface area contributed by atoms with E-state index in [9.17, 15) is 25.2 Å². The predicted molar refractivity (Wildman–Crippen MR) is 82.1 cm³/mol. The Morgan fingerprint density at radius 3 is 2.05 bits per heavy atom. The zero-order chi connectivity index (χ0) is 17.1. The fourth-order valence-electron chi connectivity index (χ4n) is 2.12. The van der Waals surface area contributed by atoms with Crippen molar-refractivity contribution in [3.05, 3.63) is 0 Å². The van der Waals surface area contributed by atoms with Gasteiger partial charge in [-0.25, -0.2) is 0 Å². The van der Waals surface area contributed by atoms with Crippen LogP contribution in [-0.4, -0.2) is 81.0 Å². The first-order valence-electron chi connectivity index (χ1n) is 7.92. The number of carbonyl (C=O) groups is 1. The highest BCUT2D eigenvalue weighted by molar-refractivity contribution is 5.75. The minimum absolute atomic E-state index is 0.139. The summed E-state index contributed by atoms with van der Waals surface area (Å²) in [5.74, 6) is -0.139. The molecule has 22 heavy (non-hydrogen) atoms.